The van der Waals surface area contributed by atoms with Crippen LogP contribution in [0.2, 0.25) is 0 Å². The molecule has 2 aromatic heterocycles. The molecule has 0 saturated carbocycles. The highest BCUT2D eigenvalue weighted by Gasteiger charge is 2.26. The molecule has 3 heterocycles. The molecule has 0 aliphatic carbocycles. The molecule has 36 heavy (non-hydrogen) atoms. The van der Waals surface area contributed by atoms with E-state index >= 15 is 0 Å². The van der Waals surface area contributed by atoms with Crippen molar-refractivity contribution in [1.82, 2.24) is 25.3 Å². The van der Waals surface area contributed by atoms with Crippen molar-refractivity contribution in [2.24, 2.45) is 0 Å². The molecule has 0 radical (unpaired) electrons. The number of fused-ring (bicyclic) bond motifs is 1. The number of aromatic nitrogens is 3. The summed E-state index contributed by atoms with van der Waals surface area (Å²) in [5.74, 6) is 1.06. The average Bonchev–Trinajstić information content (AvgIpc) is 3.43. The van der Waals surface area contributed by atoms with Crippen molar-refractivity contribution in [3.05, 3.63) is 71.4 Å². The van der Waals surface area contributed by atoms with Crippen LogP contribution in [-0.4, -0.2) is 33.8 Å². The topological polar surface area (TPSA) is 102 Å². The molecule has 4 aromatic rings. The number of rotatable bonds is 8. The third kappa shape index (κ3) is 4.67. The number of hydroxylamine groups is 1. The van der Waals surface area contributed by atoms with Crippen LogP contribution >= 0.6 is 0 Å². The second-order valence-electron chi connectivity index (χ2n) is 8.58. The maximum Gasteiger partial charge on any atom is 0.427 e. The number of amides is 1. The molecule has 186 valence electrons. The minimum Gasteiger partial charge on any atom is -0.493 e. The fourth-order valence-electron chi connectivity index (χ4n) is 4.47. The number of nitrogens with zero attached hydrogens (tertiary/aromatic N) is 3. The van der Waals surface area contributed by atoms with Crippen LogP contribution in [0.4, 0.5) is 15.0 Å². The van der Waals surface area contributed by atoms with Gasteiger partial charge in [-0.2, -0.15) is 0 Å². The summed E-state index contributed by atoms with van der Waals surface area (Å²) in [7, 11) is 0. The highest BCUT2D eigenvalue weighted by Crippen LogP contribution is 2.31. The van der Waals surface area contributed by atoms with Crippen LogP contribution in [0.1, 0.15) is 29.9 Å². The van der Waals surface area contributed by atoms with E-state index in [9.17, 15) is 9.18 Å². The molecule has 2 aromatic carbocycles. The largest absolute Gasteiger partial charge is 0.493 e. The predicted molar refractivity (Wildman–Crippen MR) is 134 cm³/mol. The first-order valence-electron chi connectivity index (χ1n) is 11.7. The Morgan fingerprint density at radius 3 is 2.81 bits per heavy atom. The van der Waals surface area contributed by atoms with Crippen molar-refractivity contribution in [1.29, 1.82) is 0 Å². The number of carbonyl (C=O) groups excluding carboxylic acids is 1. The van der Waals surface area contributed by atoms with Gasteiger partial charge in [0, 0.05) is 41.4 Å². The number of aryl methyl sites for hydroxylation is 2. The molecular formula is C26H27FN6O3. The fraction of sp³-hybridized carbons (Fsp3) is 0.269. The predicted octanol–water partition coefficient (Wildman–Crippen LogP) is 4.61. The molecule has 1 saturated heterocycles. The Hall–Kier alpha value is -4.18. The summed E-state index contributed by atoms with van der Waals surface area (Å²) < 4.78 is 21.9. The first-order chi connectivity index (χ1) is 17.4. The Morgan fingerprint density at radius 1 is 1.17 bits per heavy atom. The normalized spacial score (nSPS) is 15.1. The molecule has 1 aliphatic rings. The molecule has 1 aliphatic heterocycles. The Kier molecular flexibility index (Phi) is 6.43. The first-order valence-corrected chi connectivity index (χ1v) is 11.7. The van der Waals surface area contributed by atoms with Crippen molar-refractivity contribution >= 4 is 22.8 Å². The van der Waals surface area contributed by atoms with Gasteiger partial charge in [0.15, 0.2) is 0 Å². The maximum atomic E-state index is 14.0. The first kappa shape index (κ1) is 23.6. The molecule has 1 fully saturated rings. The fourth-order valence-corrected chi connectivity index (χ4v) is 4.47. The third-order valence-electron chi connectivity index (χ3n) is 6.16. The molecule has 5 rings (SSSR count). The number of anilines is 1. The van der Waals surface area contributed by atoms with Gasteiger partial charge in [0.1, 0.15) is 29.9 Å². The lowest BCUT2D eigenvalue weighted by Crippen LogP contribution is -2.23. The van der Waals surface area contributed by atoms with Crippen molar-refractivity contribution < 1.29 is 18.8 Å². The van der Waals surface area contributed by atoms with Gasteiger partial charge in [-0.05, 0) is 50.6 Å². The molecule has 3 N–H and O–H groups in total. The Balaban J connectivity index is 1.32. The minimum absolute atomic E-state index is 0.233. The van der Waals surface area contributed by atoms with Crippen molar-refractivity contribution in [2.75, 3.05) is 18.5 Å². The van der Waals surface area contributed by atoms with Crippen molar-refractivity contribution in [3.8, 4) is 17.0 Å². The number of nitrogens with one attached hydrogen (secondary N) is 3. The van der Waals surface area contributed by atoms with E-state index in [1.165, 1.54) is 6.33 Å². The lowest BCUT2D eigenvalue weighted by Gasteiger charge is -2.16. The van der Waals surface area contributed by atoms with Crippen molar-refractivity contribution in [2.45, 2.75) is 33.5 Å². The number of hydrogen-bond acceptors (Lipinski definition) is 7. The lowest BCUT2D eigenvalue weighted by atomic mass is 10.1. The Morgan fingerprint density at radius 2 is 2.03 bits per heavy atom. The van der Waals surface area contributed by atoms with Crippen LogP contribution in [0.3, 0.4) is 0 Å². The van der Waals surface area contributed by atoms with E-state index in [2.05, 4.69) is 36.7 Å². The molecule has 9 nitrogen and oxygen atoms in total. The number of hydrogen-bond donors (Lipinski definition) is 3. The van der Waals surface area contributed by atoms with E-state index in [4.69, 9.17) is 9.57 Å². The summed E-state index contributed by atoms with van der Waals surface area (Å²) in [4.78, 5) is 25.0. The minimum atomic E-state index is -0.540. The van der Waals surface area contributed by atoms with E-state index in [-0.39, 0.29) is 5.82 Å². The van der Waals surface area contributed by atoms with E-state index in [1.54, 1.807) is 12.1 Å². The molecule has 10 heteroatoms. The standard InChI is InChI=1S/C26H27FN6O3/c1-4-35-23-11-17(5-6-19(23)25-31-26(34)36-32-25)21-13-24(30-14-29-21)28-7-8-33-16(3)10-20-15(2)9-18(27)12-22(20)33/h5-6,9-14,25,32H,4,7-8H2,1-3H3,(H,31,34)(H,28,29,30). The van der Waals surface area contributed by atoms with E-state index in [0.717, 1.165) is 39.0 Å². The zero-order valence-electron chi connectivity index (χ0n) is 20.3. The summed E-state index contributed by atoms with van der Waals surface area (Å²) in [5, 5.41) is 7.09. The van der Waals surface area contributed by atoms with Crippen LogP contribution in [0, 0.1) is 19.7 Å². The average molecular weight is 491 g/mol. The van der Waals surface area contributed by atoms with Gasteiger partial charge in [-0.25, -0.2) is 19.2 Å². The summed E-state index contributed by atoms with van der Waals surface area (Å²) in [6, 6.07) is 12.7. The molecule has 1 unspecified atom stereocenters. The highest BCUT2D eigenvalue weighted by atomic mass is 19.1. The van der Waals surface area contributed by atoms with Gasteiger partial charge < -0.3 is 19.5 Å². The zero-order chi connectivity index (χ0) is 25.2. The smallest absolute Gasteiger partial charge is 0.427 e. The van der Waals surface area contributed by atoms with Gasteiger partial charge in [-0.3, -0.25) is 5.32 Å². The SMILES string of the molecule is CCOc1cc(-c2cc(NCCn3c(C)cc4c(C)cc(F)cc43)ncn2)ccc1C1NOC(=O)N1. The van der Waals surface area contributed by atoms with Gasteiger partial charge in [-0.15, -0.1) is 5.48 Å². The second kappa shape index (κ2) is 9.82. The number of ether oxygens (including phenoxy) is 1. The number of carbonyl (C=O) groups is 1. The van der Waals surface area contributed by atoms with Crippen LogP contribution in [0.25, 0.3) is 22.2 Å². The lowest BCUT2D eigenvalue weighted by molar-refractivity contribution is 0.121. The highest BCUT2D eigenvalue weighted by molar-refractivity contribution is 5.84. The summed E-state index contributed by atoms with van der Waals surface area (Å²) in [6.45, 7) is 7.57. The summed E-state index contributed by atoms with van der Waals surface area (Å²) in [6.07, 6.45) is 0.468. The van der Waals surface area contributed by atoms with Crippen LogP contribution in [0.5, 0.6) is 5.75 Å². The summed E-state index contributed by atoms with van der Waals surface area (Å²) in [5.41, 5.74) is 7.85. The number of halogens is 1. The van der Waals surface area contributed by atoms with E-state index < -0.39 is 12.3 Å². The Labute approximate surface area is 207 Å². The quantitative estimate of drug-likeness (QED) is 0.332. The van der Waals surface area contributed by atoms with Gasteiger partial charge in [-0.1, -0.05) is 12.1 Å². The van der Waals surface area contributed by atoms with Gasteiger partial charge in [0.05, 0.1) is 17.8 Å². The maximum absolute atomic E-state index is 14.0. The molecular weight excluding hydrogens is 463 g/mol. The summed E-state index contributed by atoms with van der Waals surface area (Å²) >= 11 is 0. The van der Waals surface area contributed by atoms with E-state index in [1.807, 2.05) is 45.0 Å². The van der Waals surface area contributed by atoms with E-state index in [0.29, 0.717) is 31.3 Å². The van der Waals surface area contributed by atoms with Gasteiger partial charge in [0.25, 0.3) is 0 Å². The molecule has 1 amide bonds. The van der Waals surface area contributed by atoms with Gasteiger partial charge in [0.2, 0.25) is 0 Å². The molecule has 1 atom stereocenters. The monoisotopic (exact) mass is 490 g/mol. The van der Waals surface area contributed by atoms with Crippen molar-refractivity contribution in [3.63, 3.8) is 0 Å². The molecule has 0 bridgehead atoms. The van der Waals surface area contributed by atoms with Crippen LogP contribution in [-0.2, 0) is 11.4 Å². The zero-order valence-corrected chi connectivity index (χ0v) is 20.3. The van der Waals surface area contributed by atoms with Crippen LogP contribution in [0.15, 0.2) is 48.8 Å². The Bertz CT molecular complexity index is 1440. The second-order valence-corrected chi connectivity index (χ2v) is 8.58. The molecule has 0 spiro atoms. The third-order valence-corrected chi connectivity index (χ3v) is 6.16. The van der Waals surface area contributed by atoms with Gasteiger partial charge >= 0.3 is 6.09 Å². The van der Waals surface area contributed by atoms with Crippen LogP contribution < -0.4 is 20.9 Å². The number of benzene rings is 2.